The predicted molar refractivity (Wildman–Crippen MR) is 157 cm³/mol. The lowest BCUT2D eigenvalue weighted by molar-refractivity contribution is -0.124. The van der Waals surface area contributed by atoms with Crippen LogP contribution in [0.25, 0.3) is 38.6 Å². The number of nitrogens with zero attached hydrogens (tertiary/aromatic N) is 2. The number of carbonyl (C=O) groups is 2. The Labute approximate surface area is 236 Å². The molecule has 1 saturated heterocycles. The van der Waals surface area contributed by atoms with Gasteiger partial charge in [-0.1, -0.05) is 26.0 Å². The third-order valence-corrected chi connectivity index (χ3v) is 7.78. The van der Waals surface area contributed by atoms with Gasteiger partial charge in [0.05, 0.1) is 23.8 Å². The molecule has 0 radical (unpaired) electrons. The Morgan fingerprint density at radius 2 is 1.90 bits per heavy atom. The number of halogens is 1. The van der Waals surface area contributed by atoms with Crippen LogP contribution in [0.4, 0.5) is 4.39 Å². The van der Waals surface area contributed by atoms with Crippen molar-refractivity contribution in [2.45, 2.75) is 38.1 Å². The average Bonchev–Trinajstić information content (AvgIpc) is 3.56. The summed E-state index contributed by atoms with van der Waals surface area (Å²) in [6, 6.07) is 17.6. The van der Waals surface area contributed by atoms with Crippen LogP contribution in [0.1, 0.15) is 42.7 Å². The van der Waals surface area contributed by atoms with Crippen LogP contribution in [0, 0.1) is 5.82 Å². The van der Waals surface area contributed by atoms with Gasteiger partial charge < -0.3 is 19.9 Å². The number of piperidine rings is 1. The van der Waals surface area contributed by atoms with Crippen LogP contribution in [0.15, 0.2) is 66.9 Å². The van der Waals surface area contributed by atoms with E-state index >= 15 is 0 Å². The number of aromatic nitrogens is 3. The molecule has 0 spiro atoms. The van der Waals surface area contributed by atoms with Crippen molar-refractivity contribution in [2.24, 2.45) is 0 Å². The number of H-pyrrole nitrogens is 1. The molecular formula is C32H32FN5O3. The maximum absolute atomic E-state index is 14.0. The highest BCUT2D eigenvalue weighted by Crippen LogP contribution is 2.44. The lowest BCUT2D eigenvalue weighted by atomic mass is 9.84. The van der Waals surface area contributed by atoms with Crippen molar-refractivity contribution in [1.29, 1.82) is 0 Å². The van der Waals surface area contributed by atoms with E-state index in [-0.39, 0.29) is 17.6 Å². The summed E-state index contributed by atoms with van der Waals surface area (Å²) in [6.45, 7) is 5.33. The summed E-state index contributed by atoms with van der Waals surface area (Å²) in [6.07, 6.45) is 3.24. The van der Waals surface area contributed by atoms with Crippen LogP contribution in [-0.4, -0.2) is 52.9 Å². The molecule has 1 fully saturated rings. The highest BCUT2D eigenvalue weighted by Gasteiger charge is 2.32. The molecule has 210 valence electrons. The number of methoxy groups -OCH3 is 1. The van der Waals surface area contributed by atoms with Crippen molar-refractivity contribution in [3.05, 3.63) is 83.9 Å². The number of benzene rings is 3. The Balaban J connectivity index is 1.53. The smallest absolute Gasteiger partial charge is 0.251 e. The van der Waals surface area contributed by atoms with E-state index in [0.29, 0.717) is 25.1 Å². The largest absolute Gasteiger partial charge is 0.384 e. The van der Waals surface area contributed by atoms with Crippen LogP contribution in [0.2, 0.25) is 0 Å². The summed E-state index contributed by atoms with van der Waals surface area (Å²) in [5.41, 5.74) is 5.60. The van der Waals surface area contributed by atoms with Crippen molar-refractivity contribution in [1.82, 2.24) is 25.4 Å². The maximum Gasteiger partial charge on any atom is 0.251 e. The van der Waals surface area contributed by atoms with Crippen molar-refractivity contribution < 1.29 is 18.7 Å². The van der Waals surface area contributed by atoms with Gasteiger partial charge in [0.25, 0.3) is 5.91 Å². The number of hydrogen-bond acceptors (Lipinski definition) is 4. The molecule has 9 heteroatoms. The lowest BCUT2D eigenvalue weighted by Crippen LogP contribution is -2.50. The molecule has 3 aromatic carbocycles. The van der Waals surface area contributed by atoms with Crippen molar-refractivity contribution in [3.8, 4) is 16.8 Å². The first kappa shape index (κ1) is 26.7. The fourth-order valence-corrected chi connectivity index (χ4v) is 5.88. The van der Waals surface area contributed by atoms with E-state index in [0.717, 1.165) is 50.7 Å². The first-order valence-electron chi connectivity index (χ1n) is 13.7. The van der Waals surface area contributed by atoms with E-state index in [2.05, 4.69) is 51.4 Å². The summed E-state index contributed by atoms with van der Waals surface area (Å²) in [5, 5.41) is 14.9. The van der Waals surface area contributed by atoms with Gasteiger partial charge in [0, 0.05) is 52.4 Å². The van der Waals surface area contributed by atoms with Gasteiger partial charge in [-0.15, -0.1) is 0 Å². The van der Waals surface area contributed by atoms with Gasteiger partial charge in [-0.05, 0) is 66.9 Å². The molecule has 2 amide bonds. The van der Waals surface area contributed by atoms with E-state index < -0.39 is 11.5 Å². The molecule has 41 heavy (non-hydrogen) atoms. The zero-order chi connectivity index (χ0) is 28.7. The molecule has 1 aliphatic rings. The Morgan fingerprint density at radius 1 is 1.15 bits per heavy atom. The number of nitrogens with one attached hydrogen (secondary N) is 3. The molecular weight excluding hydrogens is 521 g/mol. The van der Waals surface area contributed by atoms with E-state index in [1.165, 1.54) is 12.1 Å². The summed E-state index contributed by atoms with van der Waals surface area (Å²) < 4.78 is 21.8. The average molecular weight is 554 g/mol. The molecule has 1 unspecified atom stereocenters. The van der Waals surface area contributed by atoms with E-state index in [4.69, 9.17) is 4.74 Å². The first-order chi connectivity index (χ1) is 19.8. The monoisotopic (exact) mass is 553 g/mol. The lowest BCUT2D eigenvalue weighted by Gasteiger charge is -2.28. The van der Waals surface area contributed by atoms with Crippen LogP contribution in [0.3, 0.4) is 0 Å². The van der Waals surface area contributed by atoms with Crippen LogP contribution in [-0.2, 0) is 14.9 Å². The second-order valence-corrected chi connectivity index (χ2v) is 11.2. The maximum atomic E-state index is 14.0. The molecule has 0 saturated carbocycles. The van der Waals surface area contributed by atoms with Gasteiger partial charge >= 0.3 is 0 Å². The van der Waals surface area contributed by atoms with Gasteiger partial charge in [-0.25, -0.2) is 4.39 Å². The third-order valence-electron chi connectivity index (χ3n) is 7.78. The summed E-state index contributed by atoms with van der Waals surface area (Å²) in [7, 11) is 1.68. The quantitative estimate of drug-likeness (QED) is 0.256. The molecule has 8 nitrogen and oxygen atoms in total. The molecule has 5 aromatic rings. The van der Waals surface area contributed by atoms with E-state index in [9.17, 15) is 14.0 Å². The van der Waals surface area contributed by atoms with Gasteiger partial charge in [0.1, 0.15) is 11.9 Å². The molecule has 3 heterocycles. The van der Waals surface area contributed by atoms with Crippen LogP contribution >= 0.6 is 0 Å². The number of rotatable bonds is 7. The highest BCUT2D eigenvalue weighted by molar-refractivity contribution is 6.06. The Kier molecular flexibility index (Phi) is 6.83. The zero-order valence-electron chi connectivity index (χ0n) is 23.3. The topological polar surface area (TPSA) is 101 Å². The minimum Gasteiger partial charge on any atom is -0.384 e. The minimum atomic E-state index is -0.525. The van der Waals surface area contributed by atoms with Gasteiger partial charge in [-0.3, -0.25) is 14.7 Å². The predicted octanol–water partition coefficient (Wildman–Crippen LogP) is 5.25. The number of ether oxygens (including phenoxy) is 1. The standard InChI is InChI=1S/C32H32FN5O3/c1-32(2,18-41-3)29-28(19-6-8-20(9-7-19)30(39)36-25-5-4-14-34-31(25)40)24-16-26-21(17-35-37-26)15-27(24)38(29)23-12-10-22(33)11-13-23/h6-13,15-17,25H,4-5,14,18H2,1-3H3,(H,34,40)(H,35,37)(H,36,39). The number of aromatic amines is 1. The Hall–Kier alpha value is -4.50. The van der Waals surface area contributed by atoms with Crippen LogP contribution in [0.5, 0.6) is 0 Å². The second-order valence-electron chi connectivity index (χ2n) is 11.2. The first-order valence-corrected chi connectivity index (χ1v) is 13.7. The third kappa shape index (κ3) is 4.86. The molecule has 0 aliphatic carbocycles. The van der Waals surface area contributed by atoms with Crippen molar-refractivity contribution in [3.63, 3.8) is 0 Å². The zero-order valence-corrected chi connectivity index (χ0v) is 23.3. The molecule has 3 N–H and O–H groups in total. The second kappa shape index (κ2) is 10.5. The number of hydrogen-bond donors (Lipinski definition) is 3. The number of carbonyl (C=O) groups excluding carboxylic acids is 2. The fourth-order valence-electron chi connectivity index (χ4n) is 5.88. The summed E-state index contributed by atoms with van der Waals surface area (Å²) in [5.74, 6) is -0.739. The fraction of sp³-hybridized carbons (Fsp3) is 0.281. The molecule has 0 bridgehead atoms. The molecule has 1 atom stereocenters. The van der Waals surface area contributed by atoms with E-state index in [1.807, 2.05) is 12.1 Å². The minimum absolute atomic E-state index is 0.148. The van der Waals surface area contributed by atoms with Crippen molar-refractivity contribution >= 4 is 33.6 Å². The molecule has 1 aliphatic heterocycles. The Morgan fingerprint density at radius 3 is 2.61 bits per heavy atom. The van der Waals surface area contributed by atoms with Crippen LogP contribution < -0.4 is 10.6 Å². The van der Waals surface area contributed by atoms with Gasteiger partial charge in [-0.2, -0.15) is 5.10 Å². The normalized spacial score (nSPS) is 15.8. The van der Waals surface area contributed by atoms with E-state index in [1.54, 1.807) is 37.6 Å². The molecule has 2 aromatic heterocycles. The number of amides is 2. The summed E-state index contributed by atoms with van der Waals surface area (Å²) >= 11 is 0. The SMILES string of the molecule is COCC(C)(C)c1c(-c2ccc(C(=O)NC3CCCNC3=O)cc2)c2cc3[nH]ncc3cc2n1-c1ccc(F)cc1. The Bertz CT molecular complexity index is 1750. The van der Waals surface area contributed by atoms with Gasteiger partial charge in [0.15, 0.2) is 0 Å². The van der Waals surface area contributed by atoms with Gasteiger partial charge in [0.2, 0.25) is 5.91 Å². The molecule has 6 rings (SSSR count). The number of fused-ring (bicyclic) bond motifs is 2. The highest BCUT2D eigenvalue weighted by atomic mass is 19.1. The summed E-state index contributed by atoms with van der Waals surface area (Å²) in [4.78, 5) is 25.2. The van der Waals surface area contributed by atoms with Crippen molar-refractivity contribution in [2.75, 3.05) is 20.3 Å².